The zero-order chi connectivity index (χ0) is 3.54. The summed E-state index contributed by atoms with van der Waals surface area (Å²) in [7, 11) is 0. The van der Waals surface area contributed by atoms with Gasteiger partial charge in [0.25, 0.3) is 0 Å². The van der Waals surface area contributed by atoms with Crippen LogP contribution in [0.25, 0.3) is 0 Å². The van der Waals surface area contributed by atoms with E-state index < -0.39 is 0 Å². The molecule has 1 saturated heterocycles. The van der Waals surface area contributed by atoms with Gasteiger partial charge in [-0.05, 0) is 25.9 Å². The molecule has 0 aromatic carbocycles. The SMILES string of the molecule is C1CCNC1.[Pd]. The molecule has 0 aromatic heterocycles. The van der Waals surface area contributed by atoms with Crippen LogP contribution in [0.15, 0.2) is 0 Å². The van der Waals surface area contributed by atoms with Gasteiger partial charge in [-0.25, -0.2) is 0 Å². The number of nitrogens with one attached hydrogen (secondary N) is 1. The molecular weight excluding hydrogens is 168 g/mol. The van der Waals surface area contributed by atoms with E-state index in [4.69, 9.17) is 0 Å². The Bertz CT molecular complexity index is 19.1. The summed E-state index contributed by atoms with van der Waals surface area (Å²) in [6.45, 7) is 2.50. The molecule has 1 aliphatic rings. The van der Waals surface area contributed by atoms with Gasteiger partial charge in [-0.15, -0.1) is 0 Å². The van der Waals surface area contributed by atoms with Gasteiger partial charge in [-0.1, -0.05) is 0 Å². The molecule has 1 heterocycles. The predicted molar refractivity (Wildman–Crippen MR) is 22.1 cm³/mol. The van der Waals surface area contributed by atoms with Crippen LogP contribution < -0.4 is 5.32 Å². The Labute approximate surface area is 52.2 Å². The minimum absolute atomic E-state index is 0. The summed E-state index contributed by atoms with van der Waals surface area (Å²) in [6.07, 6.45) is 2.78. The van der Waals surface area contributed by atoms with Crippen molar-refractivity contribution in [3.63, 3.8) is 0 Å². The molecule has 0 spiro atoms. The van der Waals surface area contributed by atoms with E-state index >= 15 is 0 Å². The van der Waals surface area contributed by atoms with Crippen LogP contribution in [-0.2, 0) is 20.4 Å². The van der Waals surface area contributed by atoms with Gasteiger partial charge in [0.15, 0.2) is 0 Å². The average molecular weight is 178 g/mol. The van der Waals surface area contributed by atoms with Crippen LogP contribution in [0.2, 0.25) is 0 Å². The molecule has 0 radical (unpaired) electrons. The van der Waals surface area contributed by atoms with E-state index in [0.717, 1.165) is 0 Å². The van der Waals surface area contributed by atoms with Gasteiger partial charge in [-0.3, -0.25) is 0 Å². The Balaban J connectivity index is 0.000000250. The Morgan fingerprint density at radius 1 is 1.00 bits per heavy atom. The van der Waals surface area contributed by atoms with E-state index in [9.17, 15) is 0 Å². The van der Waals surface area contributed by atoms with Crippen molar-refractivity contribution >= 4 is 0 Å². The summed E-state index contributed by atoms with van der Waals surface area (Å²) in [6, 6.07) is 0. The van der Waals surface area contributed by atoms with Crippen molar-refractivity contribution in [3.05, 3.63) is 0 Å². The summed E-state index contributed by atoms with van der Waals surface area (Å²) in [5.74, 6) is 0. The third kappa shape index (κ3) is 1.92. The second-order valence-electron chi connectivity index (χ2n) is 1.46. The molecule has 1 aliphatic heterocycles. The molecule has 0 unspecified atom stereocenters. The third-order valence-electron chi connectivity index (χ3n) is 0.957. The smallest absolute Gasteiger partial charge is 0 e. The largest absolute Gasteiger partial charge is 0.317 e. The normalized spacial score (nSPS) is 20.0. The van der Waals surface area contributed by atoms with E-state index in [-0.39, 0.29) is 20.4 Å². The summed E-state index contributed by atoms with van der Waals surface area (Å²) >= 11 is 0. The van der Waals surface area contributed by atoms with E-state index in [1.807, 2.05) is 0 Å². The van der Waals surface area contributed by atoms with E-state index in [1.54, 1.807) is 0 Å². The molecule has 0 atom stereocenters. The van der Waals surface area contributed by atoms with Gasteiger partial charge in [0.2, 0.25) is 0 Å². The first kappa shape index (κ1) is 6.62. The molecule has 0 saturated carbocycles. The topological polar surface area (TPSA) is 12.0 Å². The molecule has 1 N–H and O–H groups in total. The fraction of sp³-hybridized carbons (Fsp3) is 1.00. The van der Waals surface area contributed by atoms with Crippen molar-refractivity contribution in [1.82, 2.24) is 5.32 Å². The van der Waals surface area contributed by atoms with Crippen molar-refractivity contribution in [2.24, 2.45) is 0 Å². The Morgan fingerprint density at radius 3 is 1.67 bits per heavy atom. The van der Waals surface area contributed by atoms with Gasteiger partial charge >= 0.3 is 0 Å². The van der Waals surface area contributed by atoms with Crippen LogP contribution in [0.4, 0.5) is 0 Å². The van der Waals surface area contributed by atoms with Crippen molar-refractivity contribution in [1.29, 1.82) is 0 Å². The minimum atomic E-state index is 0. The quantitative estimate of drug-likeness (QED) is 0.527. The molecular formula is C4H9NPd. The monoisotopic (exact) mass is 177 g/mol. The molecule has 0 aromatic rings. The fourth-order valence-electron chi connectivity index (χ4n) is 0.625. The van der Waals surface area contributed by atoms with Crippen LogP contribution in [0.3, 0.4) is 0 Å². The Hall–Kier alpha value is 0.622. The Morgan fingerprint density at radius 2 is 1.50 bits per heavy atom. The average Bonchev–Trinajstić information content (AvgIpc) is 1.76. The van der Waals surface area contributed by atoms with Gasteiger partial charge < -0.3 is 5.32 Å². The van der Waals surface area contributed by atoms with Gasteiger partial charge in [-0.2, -0.15) is 0 Å². The summed E-state index contributed by atoms with van der Waals surface area (Å²) in [5, 5.41) is 3.22. The Kier molecular flexibility index (Phi) is 4.19. The zero-order valence-electron chi connectivity index (χ0n) is 3.64. The van der Waals surface area contributed by atoms with E-state index in [0.29, 0.717) is 0 Å². The van der Waals surface area contributed by atoms with Crippen molar-refractivity contribution < 1.29 is 20.4 Å². The maximum absolute atomic E-state index is 3.22. The molecule has 1 nitrogen and oxygen atoms in total. The van der Waals surface area contributed by atoms with Gasteiger partial charge in [0, 0.05) is 20.4 Å². The first-order valence-corrected chi connectivity index (χ1v) is 2.21. The second kappa shape index (κ2) is 3.80. The van der Waals surface area contributed by atoms with E-state index in [2.05, 4.69) is 5.32 Å². The maximum Gasteiger partial charge on any atom is 0 e. The van der Waals surface area contributed by atoms with Crippen LogP contribution in [0.1, 0.15) is 12.8 Å². The van der Waals surface area contributed by atoms with Crippen LogP contribution in [-0.4, -0.2) is 13.1 Å². The van der Waals surface area contributed by atoms with Gasteiger partial charge in [0.05, 0.1) is 0 Å². The molecule has 0 aliphatic carbocycles. The minimum Gasteiger partial charge on any atom is -0.317 e. The number of rotatable bonds is 0. The van der Waals surface area contributed by atoms with Crippen molar-refractivity contribution in [3.8, 4) is 0 Å². The molecule has 2 heteroatoms. The van der Waals surface area contributed by atoms with Crippen LogP contribution in [0.5, 0.6) is 0 Å². The van der Waals surface area contributed by atoms with Crippen LogP contribution >= 0.6 is 0 Å². The fourth-order valence-corrected chi connectivity index (χ4v) is 0.625. The molecule has 6 heavy (non-hydrogen) atoms. The summed E-state index contributed by atoms with van der Waals surface area (Å²) in [4.78, 5) is 0. The predicted octanol–water partition coefficient (Wildman–Crippen LogP) is 0.367. The second-order valence-corrected chi connectivity index (χ2v) is 1.46. The third-order valence-corrected chi connectivity index (χ3v) is 0.957. The first-order chi connectivity index (χ1) is 2.50. The zero-order valence-corrected chi connectivity index (χ0v) is 5.20. The van der Waals surface area contributed by atoms with E-state index in [1.165, 1.54) is 25.9 Å². The molecule has 1 fully saturated rings. The number of hydrogen-bond acceptors (Lipinski definition) is 1. The molecule has 0 bridgehead atoms. The summed E-state index contributed by atoms with van der Waals surface area (Å²) < 4.78 is 0. The van der Waals surface area contributed by atoms with Crippen molar-refractivity contribution in [2.75, 3.05) is 13.1 Å². The first-order valence-electron chi connectivity index (χ1n) is 2.21. The standard InChI is InChI=1S/C4H9N.Pd/c1-2-4-5-3-1;/h5H,1-4H2;. The number of hydrogen-bond donors (Lipinski definition) is 1. The molecule has 1 rings (SSSR count). The molecule has 40 valence electrons. The van der Waals surface area contributed by atoms with Crippen LogP contribution in [0, 0.1) is 0 Å². The summed E-state index contributed by atoms with van der Waals surface area (Å²) in [5.41, 5.74) is 0. The van der Waals surface area contributed by atoms with Gasteiger partial charge in [0.1, 0.15) is 0 Å². The molecule has 0 amide bonds. The maximum atomic E-state index is 3.22. The van der Waals surface area contributed by atoms with Crippen molar-refractivity contribution in [2.45, 2.75) is 12.8 Å².